The van der Waals surface area contributed by atoms with Crippen LogP contribution in [0.4, 0.5) is 5.69 Å². The van der Waals surface area contributed by atoms with Crippen LogP contribution in [0, 0.1) is 0 Å². The summed E-state index contributed by atoms with van der Waals surface area (Å²) in [5.74, 6) is 0. The quantitative estimate of drug-likeness (QED) is 0.831. The van der Waals surface area contributed by atoms with Gasteiger partial charge < -0.3 is 9.64 Å². The van der Waals surface area contributed by atoms with E-state index in [1.54, 1.807) is 0 Å². The van der Waals surface area contributed by atoms with Crippen molar-refractivity contribution in [3.63, 3.8) is 0 Å². The molecule has 114 valence electrons. The highest BCUT2D eigenvalue weighted by Gasteiger charge is 2.49. The van der Waals surface area contributed by atoms with Gasteiger partial charge >= 0.3 is 0 Å². The molecule has 2 bridgehead atoms. The summed E-state index contributed by atoms with van der Waals surface area (Å²) in [6.07, 6.45) is 1.38. The molecular formula is C18H26N2O. The van der Waals surface area contributed by atoms with Gasteiger partial charge in [0.25, 0.3) is 0 Å². The molecular weight excluding hydrogens is 260 g/mol. The number of benzene rings is 1. The Kier molecular flexibility index (Phi) is 3.05. The van der Waals surface area contributed by atoms with Crippen LogP contribution in [-0.4, -0.2) is 49.3 Å². The Morgan fingerprint density at radius 1 is 0.952 bits per heavy atom. The van der Waals surface area contributed by atoms with Crippen LogP contribution < -0.4 is 4.90 Å². The SMILES string of the molecule is CC(C)(C)c1ccc(N2CC3CC(C2)N3C2COC2)cc1. The van der Waals surface area contributed by atoms with E-state index in [9.17, 15) is 0 Å². The van der Waals surface area contributed by atoms with Crippen LogP contribution in [0.3, 0.4) is 0 Å². The van der Waals surface area contributed by atoms with Crippen LogP contribution >= 0.6 is 0 Å². The van der Waals surface area contributed by atoms with Crippen molar-refractivity contribution in [3.05, 3.63) is 29.8 Å². The molecule has 0 radical (unpaired) electrons. The van der Waals surface area contributed by atoms with Crippen LogP contribution in [0.1, 0.15) is 32.8 Å². The molecule has 4 aliphatic heterocycles. The Labute approximate surface area is 127 Å². The van der Waals surface area contributed by atoms with E-state index in [1.165, 1.54) is 30.8 Å². The fourth-order valence-corrected chi connectivity index (χ4v) is 4.01. The van der Waals surface area contributed by atoms with E-state index in [-0.39, 0.29) is 5.41 Å². The summed E-state index contributed by atoms with van der Waals surface area (Å²) < 4.78 is 5.36. The molecule has 4 fully saturated rings. The summed E-state index contributed by atoms with van der Waals surface area (Å²) >= 11 is 0. The monoisotopic (exact) mass is 286 g/mol. The first-order chi connectivity index (χ1) is 10.0. The average molecular weight is 286 g/mol. The van der Waals surface area contributed by atoms with Gasteiger partial charge in [-0.15, -0.1) is 0 Å². The number of piperazine rings is 1. The first kappa shape index (κ1) is 13.6. The van der Waals surface area contributed by atoms with Gasteiger partial charge in [-0.3, -0.25) is 4.90 Å². The van der Waals surface area contributed by atoms with Crippen LogP contribution in [0.25, 0.3) is 0 Å². The highest BCUT2D eigenvalue weighted by atomic mass is 16.5. The van der Waals surface area contributed by atoms with Crippen molar-refractivity contribution in [3.8, 4) is 0 Å². The standard InChI is InChI=1S/C18H26N2O/c1-18(2,3)13-4-6-14(7-5-13)19-9-15-8-16(10-19)20(15)17-11-21-12-17/h4-7,15-17H,8-12H2,1-3H3. The second kappa shape index (κ2) is 4.72. The largest absolute Gasteiger partial charge is 0.378 e. The summed E-state index contributed by atoms with van der Waals surface area (Å²) in [6.45, 7) is 11.1. The maximum atomic E-state index is 5.36. The van der Waals surface area contributed by atoms with Gasteiger partial charge in [-0.1, -0.05) is 32.9 Å². The first-order valence-corrected chi connectivity index (χ1v) is 8.23. The van der Waals surface area contributed by atoms with Crippen molar-refractivity contribution in [2.45, 2.75) is 50.7 Å². The van der Waals surface area contributed by atoms with E-state index in [0.29, 0.717) is 6.04 Å². The lowest BCUT2D eigenvalue weighted by molar-refractivity contribution is -0.141. The van der Waals surface area contributed by atoms with Crippen molar-refractivity contribution in [1.29, 1.82) is 0 Å². The smallest absolute Gasteiger partial charge is 0.0645 e. The van der Waals surface area contributed by atoms with Crippen LogP contribution in [0.5, 0.6) is 0 Å². The van der Waals surface area contributed by atoms with Crippen molar-refractivity contribution >= 4 is 5.69 Å². The number of fused-ring (bicyclic) bond motifs is 2. The van der Waals surface area contributed by atoms with Gasteiger partial charge in [-0.05, 0) is 29.5 Å². The molecule has 0 N–H and O–H groups in total. The Hall–Kier alpha value is -1.06. The average Bonchev–Trinajstić information content (AvgIpc) is 2.42. The third-order valence-electron chi connectivity index (χ3n) is 5.39. The van der Waals surface area contributed by atoms with Crippen LogP contribution in [0.15, 0.2) is 24.3 Å². The van der Waals surface area contributed by atoms with E-state index < -0.39 is 0 Å². The van der Waals surface area contributed by atoms with Gasteiger partial charge in [0.2, 0.25) is 0 Å². The lowest BCUT2D eigenvalue weighted by Crippen LogP contribution is -2.74. The molecule has 21 heavy (non-hydrogen) atoms. The van der Waals surface area contributed by atoms with Gasteiger partial charge in [0.05, 0.1) is 19.3 Å². The molecule has 4 saturated heterocycles. The maximum Gasteiger partial charge on any atom is 0.0645 e. The topological polar surface area (TPSA) is 15.7 Å². The van der Waals surface area contributed by atoms with Crippen molar-refractivity contribution in [2.75, 3.05) is 31.2 Å². The summed E-state index contributed by atoms with van der Waals surface area (Å²) in [4.78, 5) is 5.28. The summed E-state index contributed by atoms with van der Waals surface area (Å²) in [6, 6.07) is 11.4. The lowest BCUT2D eigenvalue weighted by Gasteiger charge is -2.61. The highest BCUT2D eigenvalue weighted by molar-refractivity contribution is 5.50. The number of ether oxygens (including phenoxy) is 1. The van der Waals surface area contributed by atoms with Crippen molar-refractivity contribution in [2.24, 2.45) is 0 Å². The molecule has 2 unspecified atom stereocenters. The van der Waals surface area contributed by atoms with E-state index >= 15 is 0 Å². The maximum absolute atomic E-state index is 5.36. The molecule has 0 spiro atoms. The third-order valence-corrected chi connectivity index (χ3v) is 5.39. The molecule has 1 aromatic carbocycles. The molecule has 4 heterocycles. The molecule has 0 saturated carbocycles. The molecule has 0 aliphatic carbocycles. The summed E-state index contributed by atoms with van der Waals surface area (Å²) in [7, 11) is 0. The number of hydrogen-bond acceptors (Lipinski definition) is 3. The minimum Gasteiger partial charge on any atom is -0.378 e. The normalized spacial score (nSPS) is 30.0. The Balaban J connectivity index is 1.44. The second-order valence-electron chi connectivity index (χ2n) is 7.88. The predicted molar refractivity (Wildman–Crippen MR) is 86.0 cm³/mol. The molecule has 5 rings (SSSR count). The number of nitrogens with zero attached hydrogens (tertiary/aromatic N) is 2. The fraction of sp³-hybridized carbons (Fsp3) is 0.667. The van der Waals surface area contributed by atoms with Gasteiger partial charge in [-0.2, -0.15) is 0 Å². The molecule has 0 aromatic heterocycles. The van der Waals surface area contributed by atoms with Gasteiger partial charge in [0.1, 0.15) is 0 Å². The van der Waals surface area contributed by atoms with Crippen molar-refractivity contribution < 1.29 is 4.74 Å². The lowest BCUT2D eigenvalue weighted by atomic mass is 9.84. The molecule has 1 aromatic rings. The summed E-state index contributed by atoms with van der Waals surface area (Å²) in [5, 5.41) is 0. The molecule has 0 amide bonds. The van der Waals surface area contributed by atoms with Gasteiger partial charge in [-0.25, -0.2) is 0 Å². The van der Waals surface area contributed by atoms with E-state index in [2.05, 4.69) is 54.8 Å². The Morgan fingerprint density at radius 3 is 2.05 bits per heavy atom. The number of rotatable bonds is 2. The number of piperidine rings is 1. The number of hydrogen-bond donors (Lipinski definition) is 0. The minimum absolute atomic E-state index is 0.240. The van der Waals surface area contributed by atoms with E-state index in [1.807, 2.05) is 0 Å². The fourth-order valence-electron chi connectivity index (χ4n) is 4.01. The third kappa shape index (κ3) is 2.27. The zero-order chi connectivity index (χ0) is 14.6. The Bertz CT molecular complexity index is 503. The molecule has 2 atom stereocenters. The predicted octanol–water partition coefficient (Wildman–Crippen LogP) is 2.65. The Morgan fingerprint density at radius 2 is 1.57 bits per heavy atom. The van der Waals surface area contributed by atoms with Crippen LogP contribution in [0.2, 0.25) is 0 Å². The second-order valence-corrected chi connectivity index (χ2v) is 7.88. The zero-order valence-electron chi connectivity index (χ0n) is 13.4. The first-order valence-electron chi connectivity index (χ1n) is 8.23. The van der Waals surface area contributed by atoms with Crippen LogP contribution in [-0.2, 0) is 10.2 Å². The zero-order valence-corrected chi connectivity index (χ0v) is 13.4. The van der Waals surface area contributed by atoms with E-state index in [0.717, 1.165) is 25.3 Å². The van der Waals surface area contributed by atoms with Crippen molar-refractivity contribution in [1.82, 2.24) is 4.90 Å². The molecule has 3 nitrogen and oxygen atoms in total. The van der Waals surface area contributed by atoms with Gasteiger partial charge in [0, 0.05) is 30.9 Å². The van der Waals surface area contributed by atoms with Gasteiger partial charge in [0.15, 0.2) is 0 Å². The molecule has 4 aliphatic rings. The highest BCUT2D eigenvalue weighted by Crippen LogP contribution is 2.38. The summed E-state index contributed by atoms with van der Waals surface area (Å²) in [5.41, 5.74) is 3.05. The minimum atomic E-state index is 0.240. The molecule has 3 heteroatoms. The number of anilines is 1. The van der Waals surface area contributed by atoms with E-state index in [4.69, 9.17) is 4.74 Å².